The lowest BCUT2D eigenvalue weighted by atomic mass is 9.89. The summed E-state index contributed by atoms with van der Waals surface area (Å²) in [7, 11) is 1.91. The van der Waals surface area contributed by atoms with Crippen molar-refractivity contribution in [3.05, 3.63) is 47.0 Å². The normalized spacial score (nSPS) is 11.7. The number of anilines is 1. The molecule has 0 unspecified atom stereocenters. The standard InChI is InChI=1S/C16H22FN3/c1-11-6-7-13(17)14(8-11)18-9-12-10-20(5)19-15(12)16(2,3)4/h6-8,10,18H,9H2,1-5H3. The zero-order chi connectivity index (χ0) is 14.9. The molecule has 1 aromatic carbocycles. The van der Waals surface area contributed by atoms with Gasteiger partial charge in [0.1, 0.15) is 5.82 Å². The minimum Gasteiger partial charge on any atom is -0.378 e. The molecule has 0 fully saturated rings. The molecule has 4 heteroatoms. The third kappa shape index (κ3) is 3.18. The lowest BCUT2D eigenvalue weighted by molar-refractivity contribution is 0.549. The Bertz CT molecular complexity index is 609. The number of aryl methyl sites for hydroxylation is 2. The van der Waals surface area contributed by atoms with E-state index in [0.29, 0.717) is 12.2 Å². The lowest BCUT2D eigenvalue weighted by Gasteiger charge is -2.18. The number of nitrogens with zero attached hydrogens (tertiary/aromatic N) is 2. The van der Waals surface area contributed by atoms with E-state index < -0.39 is 0 Å². The molecule has 0 spiro atoms. The Balaban J connectivity index is 2.21. The molecule has 2 rings (SSSR count). The van der Waals surface area contributed by atoms with Crippen LogP contribution in [0.1, 0.15) is 37.6 Å². The van der Waals surface area contributed by atoms with Crippen molar-refractivity contribution in [2.45, 2.75) is 39.7 Å². The summed E-state index contributed by atoms with van der Waals surface area (Å²) in [6.07, 6.45) is 1.99. The molecule has 0 radical (unpaired) electrons. The molecule has 1 N–H and O–H groups in total. The van der Waals surface area contributed by atoms with Crippen molar-refractivity contribution >= 4 is 5.69 Å². The molecule has 3 nitrogen and oxygen atoms in total. The molecule has 108 valence electrons. The van der Waals surface area contributed by atoms with Gasteiger partial charge in [0, 0.05) is 30.8 Å². The number of halogens is 1. The zero-order valence-corrected chi connectivity index (χ0v) is 12.8. The lowest BCUT2D eigenvalue weighted by Crippen LogP contribution is -2.16. The Morgan fingerprint density at radius 1 is 1.30 bits per heavy atom. The van der Waals surface area contributed by atoms with Crippen molar-refractivity contribution in [3.8, 4) is 0 Å². The molecule has 0 aliphatic rings. The molecule has 0 aliphatic carbocycles. The van der Waals surface area contributed by atoms with E-state index in [2.05, 4.69) is 31.2 Å². The van der Waals surface area contributed by atoms with E-state index in [0.717, 1.165) is 16.8 Å². The van der Waals surface area contributed by atoms with Crippen LogP contribution in [0.5, 0.6) is 0 Å². The molecule has 0 aliphatic heterocycles. The van der Waals surface area contributed by atoms with Crippen LogP contribution in [0.15, 0.2) is 24.4 Å². The van der Waals surface area contributed by atoms with Crippen molar-refractivity contribution < 1.29 is 4.39 Å². The Hall–Kier alpha value is -1.84. The molecule has 20 heavy (non-hydrogen) atoms. The second-order valence-electron chi connectivity index (χ2n) is 6.26. The van der Waals surface area contributed by atoms with Crippen molar-refractivity contribution in [1.82, 2.24) is 9.78 Å². The molecule has 0 saturated carbocycles. The van der Waals surface area contributed by atoms with Crippen LogP contribution in [-0.2, 0) is 19.0 Å². The summed E-state index contributed by atoms with van der Waals surface area (Å²) in [5.74, 6) is -0.225. The van der Waals surface area contributed by atoms with Gasteiger partial charge in [0.05, 0.1) is 11.4 Å². The van der Waals surface area contributed by atoms with Crippen molar-refractivity contribution in [1.29, 1.82) is 0 Å². The minimum atomic E-state index is -0.225. The van der Waals surface area contributed by atoms with Gasteiger partial charge in [-0.1, -0.05) is 26.8 Å². The molecule has 0 bridgehead atoms. The maximum Gasteiger partial charge on any atom is 0.146 e. The van der Waals surface area contributed by atoms with Crippen LogP contribution in [0.3, 0.4) is 0 Å². The number of hydrogen-bond acceptors (Lipinski definition) is 2. The Morgan fingerprint density at radius 3 is 2.65 bits per heavy atom. The highest BCUT2D eigenvalue weighted by Gasteiger charge is 2.21. The van der Waals surface area contributed by atoms with Crippen LogP contribution >= 0.6 is 0 Å². The summed E-state index contributed by atoms with van der Waals surface area (Å²) < 4.78 is 15.5. The van der Waals surface area contributed by atoms with Crippen molar-refractivity contribution in [3.63, 3.8) is 0 Å². The van der Waals surface area contributed by atoms with Crippen molar-refractivity contribution in [2.75, 3.05) is 5.32 Å². The summed E-state index contributed by atoms with van der Waals surface area (Å²) in [4.78, 5) is 0. The Morgan fingerprint density at radius 2 is 2.00 bits per heavy atom. The van der Waals surface area contributed by atoms with Gasteiger partial charge in [-0.2, -0.15) is 5.10 Å². The molecular formula is C16H22FN3. The fourth-order valence-corrected chi connectivity index (χ4v) is 2.26. The smallest absolute Gasteiger partial charge is 0.146 e. The van der Waals surface area contributed by atoms with E-state index in [9.17, 15) is 4.39 Å². The van der Waals surface area contributed by atoms with Gasteiger partial charge in [-0.15, -0.1) is 0 Å². The second kappa shape index (κ2) is 5.27. The second-order valence-corrected chi connectivity index (χ2v) is 6.26. The van der Waals surface area contributed by atoms with E-state index in [4.69, 9.17) is 0 Å². The third-order valence-corrected chi connectivity index (χ3v) is 3.21. The fourth-order valence-electron chi connectivity index (χ4n) is 2.26. The van der Waals surface area contributed by atoms with Crippen LogP contribution in [0.25, 0.3) is 0 Å². The summed E-state index contributed by atoms with van der Waals surface area (Å²) in [5.41, 5.74) is 3.69. The van der Waals surface area contributed by atoms with Gasteiger partial charge in [0.25, 0.3) is 0 Å². The fraction of sp³-hybridized carbons (Fsp3) is 0.438. The zero-order valence-electron chi connectivity index (χ0n) is 12.8. The van der Waals surface area contributed by atoms with Crippen molar-refractivity contribution in [2.24, 2.45) is 7.05 Å². The number of benzene rings is 1. The average Bonchev–Trinajstić information content (AvgIpc) is 2.72. The first-order chi connectivity index (χ1) is 9.27. The van der Waals surface area contributed by atoms with Crippen LogP contribution in [-0.4, -0.2) is 9.78 Å². The van der Waals surface area contributed by atoms with E-state index in [-0.39, 0.29) is 11.2 Å². The molecule has 0 atom stereocenters. The van der Waals surface area contributed by atoms with Gasteiger partial charge in [-0.3, -0.25) is 4.68 Å². The van der Waals surface area contributed by atoms with Gasteiger partial charge < -0.3 is 5.32 Å². The predicted octanol–water partition coefficient (Wildman–Crippen LogP) is 3.78. The number of nitrogens with one attached hydrogen (secondary N) is 1. The summed E-state index contributed by atoms with van der Waals surface area (Å²) in [6.45, 7) is 8.92. The van der Waals surface area contributed by atoms with Gasteiger partial charge in [0.15, 0.2) is 0 Å². The maximum absolute atomic E-state index is 13.7. The van der Waals surface area contributed by atoms with Crippen LogP contribution in [0.2, 0.25) is 0 Å². The van der Waals surface area contributed by atoms with E-state index in [1.807, 2.05) is 30.9 Å². The van der Waals surface area contributed by atoms with E-state index in [1.165, 1.54) is 6.07 Å². The topological polar surface area (TPSA) is 29.9 Å². The highest BCUT2D eigenvalue weighted by molar-refractivity contribution is 5.47. The van der Waals surface area contributed by atoms with Crippen LogP contribution in [0.4, 0.5) is 10.1 Å². The first-order valence-corrected chi connectivity index (χ1v) is 6.80. The third-order valence-electron chi connectivity index (χ3n) is 3.21. The molecule has 0 saturated heterocycles. The van der Waals surface area contributed by atoms with Crippen LogP contribution < -0.4 is 5.32 Å². The van der Waals surface area contributed by atoms with Gasteiger partial charge >= 0.3 is 0 Å². The highest BCUT2D eigenvalue weighted by atomic mass is 19.1. The van der Waals surface area contributed by atoms with Gasteiger partial charge in [-0.05, 0) is 24.6 Å². The van der Waals surface area contributed by atoms with E-state index >= 15 is 0 Å². The number of hydrogen-bond donors (Lipinski definition) is 1. The average molecular weight is 275 g/mol. The highest BCUT2D eigenvalue weighted by Crippen LogP contribution is 2.25. The predicted molar refractivity (Wildman–Crippen MR) is 80.4 cm³/mol. The summed E-state index contributed by atoms with van der Waals surface area (Å²) in [5, 5.41) is 7.68. The minimum absolute atomic E-state index is 0.0244. The first-order valence-electron chi connectivity index (χ1n) is 6.80. The van der Waals surface area contributed by atoms with E-state index in [1.54, 1.807) is 6.07 Å². The first kappa shape index (κ1) is 14.6. The van der Waals surface area contributed by atoms with Gasteiger partial charge in [0.2, 0.25) is 0 Å². The number of rotatable bonds is 3. The maximum atomic E-state index is 13.7. The quantitative estimate of drug-likeness (QED) is 0.924. The number of aromatic nitrogens is 2. The molecule has 0 amide bonds. The molecule has 1 aromatic heterocycles. The Labute approximate surface area is 119 Å². The SMILES string of the molecule is Cc1ccc(F)c(NCc2cn(C)nc2C(C)(C)C)c1. The summed E-state index contributed by atoms with van der Waals surface area (Å²) in [6, 6.07) is 5.08. The largest absolute Gasteiger partial charge is 0.378 e. The summed E-state index contributed by atoms with van der Waals surface area (Å²) >= 11 is 0. The monoisotopic (exact) mass is 275 g/mol. The molecule has 1 heterocycles. The van der Waals surface area contributed by atoms with Crippen LogP contribution in [0, 0.1) is 12.7 Å². The molecule has 2 aromatic rings. The molecular weight excluding hydrogens is 253 g/mol. The Kier molecular flexibility index (Phi) is 3.84. The van der Waals surface area contributed by atoms with Gasteiger partial charge in [-0.25, -0.2) is 4.39 Å².